The molecule has 0 amide bonds. The number of aliphatic hydroxyl groups is 1. The van der Waals surface area contributed by atoms with Crippen LogP contribution in [0.15, 0.2) is 0 Å². The molecule has 0 spiro atoms. The first-order valence-electron chi connectivity index (χ1n) is 3.37. The van der Waals surface area contributed by atoms with Crippen LogP contribution in [-0.2, 0) is 4.74 Å². The molecule has 1 radical (unpaired) electrons. The Morgan fingerprint density at radius 3 is 2.89 bits per heavy atom. The van der Waals surface area contributed by atoms with Gasteiger partial charge in [-0.05, 0) is 25.7 Å². The summed E-state index contributed by atoms with van der Waals surface area (Å²) in [5.74, 6) is 0. The maximum atomic E-state index is 9.22. The third-order valence-electron chi connectivity index (χ3n) is 1.80. The van der Waals surface area contributed by atoms with Crippen molar-refractivity contribution in [2.45, 2.75) is 31.5 Å². The standard InChI is InChI=1S/C7H13O2/c1-9-7-5-3-2-4-6(7)8/h3,6-8H,2,4-5H2,1H3. The first-order chi connectivity index (χ1) is 4.34. The van der Waals surface area contributed by atoms with Gasteiger partial charge in [-0.2, -0.15) is 0 Å². The Morgan fingerprint density at radius 2 is 2.44 bits per heavy atom. The van der Waals surface area contributed by atoms with E-state index in [0.717, 1.165) is 19.3 Å². The largest absolute Gasteiger partial charge is 0.390 e. The number of hydrogen-bond donors (Lipinski definition) is 1. The number of ether oxygens (including phenoxy) is 1. The molecule has 2 heteroatoms. The zero-order valence-electron chi connectivity index (χ0n) is 5.71. The molecule has 0 heterocycles. The number of aliphatic hydroxyl groups excluding tert-OH is 1. The number of methoxy groups -OCH3 is 1. The van der Waals surface area contributed by atoms with E-state index in [-0.39, 0.29) is 12.2 Å². The van der Waals surface area contributed by atoms with Crippen molar-refractivity contribution in [2.75, 3.05) is 7.11 Å². The van der Waals surface area contributed by atoms with E-state index in [9.17, 15) is 5.11 Å². The highest BCUT2D eigenvalue weighted by molar-refractivity contribution is 4.84. The molecular weight excluding hydrogens is 116 g/mol. The molecule has 1 N–H and O–H groups in total. The minimum atomic E-state index is -0.236. The highest BCUT2D eigenvalue weighted by atomic mass is 16.5. The smallest absolute Gasteiger partial charge is 0.0832 e. The maximum absolute atomic E-state index is 9.22. The molecule has 0 bridgehead atoms. The van der Waals surface area contributed by atoms with E-state index in [1.165, 1.54) is 0 Å². The Bertz CT molecular complexity index is 83.0. The Morgan fingerprint density at radius 1 is 1.67 bits per heavy atom. The van der Waals surface area contributed by atoms with Crippen molar-refractivity contribution < 1.29 is 9.84 Å². The zero-order chi connectivity index (χ0) is 6.69. The molecule has 2 atom stereocenters. The minimum absolute atomic E-state index is 0.0544. The van der Waals surface area contributed by atoms with Gasteiger partial charge in [0.2, 0.25) is 0 Å². The minimum Gasteiger partial charge on any atom is -0.390 e. The van der Waals surface area contributed by atoms with Crippen molar-refractivity contribution in [3.05, 3.63) is 6.42 Å². The number of hydrogen-bond acceptors (Lipinski definition) is 2. The normalized spacial score (nSPS) is 36.7. The summed E-state index contributed by atoms with van der Waals surface area (Å²) >= 11 is 0. The Hall–Kier alpha value is -0.0800. The van der Waals surface area contributed by atoms with Crippen LogP contribution in [0.25, 0.3) is 0 Å². The van der Waals surface area contributed by atoms with Crippen LogP contribution in [0, 0.1) is 6.42 Å². The van der Waals surface area contributed by atoms with E-state index in [0.29, 0.717) is 0 Å². The summed E-state index contributed by atoms with van der Waals surface area (Å²) in [5, 5.41) is 9.22. The van der Waals surface area contributed by atoms with Gasteiger partial charge in [-0.1, -0.05) is 0 Å². The van der Waals surface area contributed by atoms with Crippen LogP contribution in [0.3, 0.4) is 0 Å². The van der Waals surface area contributed by atoms with Crippen LogP contribution in [0.5, 0.6) is 0 Å². The first kappa shape index (κ1) is 7.03. The van der Waals surface area contributed by atoms with Crippen LogP contribution in [0.2, 0.25) is 0 Å². The molecule has 0 aromatic rings. The summed E-state index contributed by atoms with van der Waals surface area (Å²) in [5.41, 5.74) is 0. The van der Waals surface area contributed by atoms with E-state index in [4.69, 9.17) is 4.74 Å². The molecule has 0 aromatic heterocycles. The quantitative estimate of drug-likeness (QED) is 0.566. The lowest BCUT2D eigenvalue weighted by atomic mass is 9.95. The fourth-order valence-corrected chi connectivity index (χ4v) is 1.17. The molecule has 2 unspecified atom stereocenters. The van der Waals surface area contributed by atoms with Crippen LogP contribution >= 0.6 is 0 Å². The van der Waals surface area contributed by atoms with Gasteiger partial charge in [0.25, 0.3) is 0 Å². The molecule has 9 heavy (non-hydrogen) atoms. The van der Waals surface area contributed by atoms with Crippen molar-refractivity contribution in [1.29, 1.82) is 0 Å². The van der Waals surface area contributed by atoms with Gasteiger partial charge < -0.3 is 9.84 Å². The van der Waals surface area contributed by atoms with Crippen LogP contribution < -0.4 is 0 Å². The summed E-state index contributed by atoms with van der Waals surface area (Å²) in [4.78, 5) is 0. The van der Waals surface area contributed by atoms with Gasteiger partial charge >= 0.3 is 0 Å². The van der Waals surface area contributed by atoms with E-state index < -0.39 is 0 Å². The lowest BCUT2D eigenvalue weighted by molar-refractivity contribution is -0.0256. The van der Waals surface area contributed by atoms with E-state index in [1.807, 2.05) is 0 Å². The molecular formula is C7H13O2. The fraction of sp³-hybridized carbons (Fsp3) is 0.857. The predicted molar refractivity (Wildman–Crippen MR) is 35.0 cm³/mol. The lowest BCUT2D eigenvalue weighted by Crippen LogP contribution is -2.31. The summed E-state index contributed by atoms with van der Waals surface area (Å²) in [6.07, 6.45) is 4.77. The molecule has 1 aliphatic carbocycles. The van der Waals surface area contributed by atoms with Gasteiger partial charge in [-0.15, -0.1) is 0 Å². The third-order valence-corrected chi connectivity index (χ3v) is 1.80. The SMILES string of the molecule is COC1C[CH]CCC1O. The maximum Gasteiger partial charge on any atom is 0.0832 e. The highest BCUT2D eigenvalue weighted by Gasteiger charge is 2.21. The molecule has 0 saturated heterocycles. The van der Waals surface area contributed by atoms with Crippen molar-refractivity contribution >= 4 is 0 Å². The molecule has 1 fully saturated rings. The van der Waals surface area contributed by atoms with E-state index in [2.05, 4.69) is 6.42 Å². The van der Waals surface area contributed by atoms with Gasteiger partial charge in [0, 0.05) is 7.11 Å². The second-order valence-corrected chi connectivity index (χ2v) is 2.44. The molecule has 53 valence electrons. The Balaban J connectivity index is 2.30. The van der Waals surface area contributed by atoms with Crippen LogP contribution in [-0.4, -0.2) is 24.4 Å². The molecule has 2 nitrogen and oxygen atoms in total. The lowest BCUT2D eigenvalue weighted by Gasteiger charge is -2.25. The molecule has 1 saturated carbocycles. The van der Waals surface area contributed by atoms with E-state index >= 15 is 0 Å². The van der Waals surface area contributed by atoms with Gasteiger partial charge in [0.05, 0.1) is 12.2 Å². The average Bonchev–Trinajstić information content (AvgIpc) is 1.89. The zero-order valence-corrected chi connectivity index (χ0v) is 5.71. The van der Waals surface area contributed by atoms with Crippen molar-refractivity contribution in [1.82, 2.24) is 0 Å². The van der Waals surface area contributed by atoms with Gasteiger partial charge in [-0.25, -0.2) is 0 Å². The topological polar surface area (TPSA) is 29.5 Å². The second kappa shape index (κ2) is 3.18. The Kier molecular flexibility index (Phi) is 2.49. The number of rotatable bonds is 1. The second-order valence-electron chi connectivity index (χ2n) is 2.44. The van der Waals surface area contributed by atoms with Gasteiger partial charge in [0.1, 0.15) is 0 Å². The fourth-order valence-electron chi connectivity index (χ4n) is 1.17. The summed E-state index contributed by atoms with van der Waals surface area (Å²) in [6, 6.07) is 0. The van der Waals surface area contributed by atoms with Crippen molar-refractivity contribution in [3.63, 3.8) is 0 Å². The first-order valence-corrected chi connectivity index (χ1v) is 3.37. The van der Waals surface area contributed by atoms with Gasteiger partial charge in [0.15, 0.2) is 0 Å². The van der Waals surface area contributed by atoms with Crippen LogP contribution in [0.4, 0.5) is 0 Å². The Labute approximate surface area is 55.8 Å². The summed E-state index contributed by atoms with van der Waals surface area (Å²) in [6.45, 7) is 0. The summed E-state index contributed by atoms with van der Waals surface area (Å²) < 4.78 is 5.02. The molecule has 1 aliphatic rings. The van der Waals surface area contributed by atoms with Crippen molar-refractivity contribution in [3.8, 4) is 0 Å². The average molecular weight is 129 g/mol. The van der Waals surface area contributed by atoms with Crippen LogP contribution in [0.1, 0.15) is 19.3 Å². The third kappa shape index (κ3) is 1.66. The predicted octanol–water partition coefficient (Wildman–Crippen LogP) is 0.750. The van der Waals surface area contributed by atoms with Gasteiger partial charge in [-0.3, -0.25) is 0 Å². The van der Waals surface area contributed by atoms with E-state index in [1.54, 1.807) is 7.11 Å². The van der Waals surface area contributed by atoms with Crippen molar-refractivity contribution in [2.24, 2.45) is 0 Å². The summed E-state index contributed by atoms with van der Waals surface area (Å²) in [7, 11) is 1.65. The highest BCUT2D eigenvalue weighted by Crippen LogP contribution is 2.19. The monoisotopic (exact) mass is 129 g/mol. The molecule has 0 aromatic carbocycles. The molecule has 0 aliphatic heterocycles. The molecule has 1 rings (SSSR count).